The maximum Gasteiger partial charge on any atom is 0.291 e. The number of nitrogens with one attached hydrogen (secondary N) is 2. The number of rotatable bonds is 7. The Bertz CT molecular complexity index is 1120. The van der Waals surface area contributed by atoms with E-state index in [0.717, 1.165) is 5.75 Å². The second kappa shape index (κ2) is 9.06. The molecule has 7 nitrogen and oxygen atoms in total. The summed E-state index contributed by atoms with van der Waals surface area (Å²) in [5, 5.41) is 7.76. The van der Waals surface area contributed by atoms with Gasteiger partial charge in [0, 0.05) is 22.8 Å². The van der Waals surface area contributed by atoms with Crippen LogP contribution in [0.2, 0.25) is 0 Å². The number of aromatic nitrogens is 1. The van der Waals surface area contributed by atoms with Crippen LogP contribution in [0.1, 0.15) is 26.7 Å². The molecule has 0 spiro atoms. The van der Waals surface area contributed by atoms with Gasteiger partial charge in [0.1, 0.15) is 18.1 Å². The van der Waals surface area contributed by atoms with Gasteiger partial charge < -0.3 is 14.5 Å². The van der Waals surface area contributed by atoms with E-state index >= 15 is 0 Å². The molecule has 0 fully saturated rings. The lowest BCUT2D eigenvalue weighted by atomic mass is 10.2. The Balaban J connectivity index is 1.32. The second-order valence-electron chi connectivity index (χ2n) is 6.19. The molecule has 4 aromatic rings. The van der Waals surface area contributed by atoms with E-state index in [2.05, 4.69) is 15.6 Å². The van der Waals surface area contributed by atoms with Crippen LogP contribution in [0.5, 0.6) is 5.75 Å². The smallest absolute Gasteiger partial charge is 0.291 e. The van der Waals surface area contributed by atoms with Crippen LogP contribution in [0.3, 0.4) is 0 Å². The third-order valence-electron chi connectivity index (χ3n) is 4.07. The standard InChI is InChI=1S/C22H17N3O4S/c26-20(25-22-23-12-13-30-22)15-6-8-16(9-7-15)24-21(27)19-11-10-18(29-19)14-28-17-4-2-1-3-5-17/h1-13H,14H2,(H,24,27)(H,23,25,26). The zero-order valence-corrected chi connectivity index (χ0v) is 16.5. The van der Waals surface area contributed by atoms with E-state index in [4.69, 9.17) is 9.15 Å². The molecule has 0 bridgehead atoms. The maximum atomic E-state index is 12.4. The monoisotopic (exact) mass is 419 g/mol. The Morgan fingerprint density at radius 1 is 0.933 bits per heavy atom. The average Bonchev–Trinajstić information content (AvgIpc) is 3.46. The van der Waals surface area contributed by atoms with Gasteiger partial charge in [0.25, 0.3) is 11.8 Å². The number of anilines is 2. The van der Waals surface area contributed by atoms with Crippen molar-refractivity contribution in [2.24, 2.45) is 0 Å². The molecule has 0 aliphatic carbocycles. The van der Waals surface area contributed by atoms with Crippen molar-refractivity contribution in [1.82, 2.24) is 4.98 Å². The summed E-state index contributed by atoms with van der Waals surface area (Å²) >= 11 is 1.34. The summed E-state index contributed by atoms with van der Waals surface area (Å²) in [4.78, 5) is 28.6. The van der Waals surface area contributed by atoms with Crippen LogP contribution in [0.15, 0.2) is 82.7 Å². The Morgan fingerprint density at radius 2 is 1.73 bits per heavy atom. The molecule has 2 aromatic carbocycles. The zero-order chi connectivity index (χ0) is 20.8. The van der Waals surface area contributed by atoms with Gasteiger partial charge >= 0.3 is 0 Å². The van der Waals surface area contributed by atoms with E-state index < -0.39 is 0 Å². The molecule has 0 saturated carbocycles. The van der Waals surface area contributed by atoms with Gasteiger partial charge in [-0.25, -0.2) is 4.98 Å². The van der Waals surface area contributed by atoms with Crippen molar-refractivity contribution >= 4 is 34.0 Å². The number of hydrogen-bond acceptors (Lipinski definition) is 6. The molecule has 30 heavy (non-hydrogen) atoms. The van der Waals surface area contributed by atoms with Crippen LogP contribution in [0.4, 0.5) is 10.8 Å². The lowest BCUT2D eigenvalue weighted by Crippen LogP contribution is -2.13. The highest BCUT2D eigenvalue weighted by Gasteiger charge is 2.13. The van der Waals surface area contributed by atoms with Crippen molar-refractivity contribution in [3.8, 4) is 5.75 Å². The Kier molecular flexibility index (Phi) is 5.86. The normalized spacial score (nSPS) is 10.4. The first-order valence-electron chi connectivity index (χ1n) is 9.06. The molecule has 2 amide bonds. The van der Waals surface area contributed by atoms with Gasteiger partial charge in [-0.1, -0.05) is 18.2 Å². The lowest BCUT2D eigenvalue weighted by Gasteiger charge is -2.06. The molecule has 0 atom stereocenters. The number of thiazole rings is 1. The number of carbonyl (C=O) groups excluding carboxylic acids is 2. The van der Waals surface area contributed by atoms with Gasteiger partial charge in [0.15, 0.2) is 10.9 Å². The highest BCUT2D eigenvalue weighted by molar-refractivity contribution is 7.13. The van der Waals surface area contributed by atoms with Gasteiger partial charge in [-0.2, -0.15) is 0 Å². The van der Waals surface area contributed by atoms with E-state index in [9.17, 15) is 9.59 Å². The van der Waals surface area contributed by atoms with Crippen LogP contribution < -0.4 is 15.4 Å². The summed E-state index contributed by atoms with van der Waals surface area (Å²) in [5.74, 6) is 0.780. The van der Waals surface area contributed by atoms with E-state index in [-0.39, 0.29) is 24.2 Å². The minimum absolute atomic E-state index is 0.173. The predicted octanol–water partition coefficient (Wildman–Crippen LogP) is 4.82. The molecule has 8 heteroatoms. The minimum Gasteiger partial charge on any atom is -0.486 e. The molecule has 2 heterocycles. The summed E-state index contributed by atoms with van der Waals surface area (Å²) in [7, 11) is 0. The van der Waals surface area contributed by atoms with Gasteiger partial charge in [0.05, 0.1) is 0 Å². The van der Waals surface area contributed by atoms with Crippen LogP contribution in [-0.2, 0) is 6.61 Å². The van der Waals surface area contributed by atoms with Crippen LogP contribution in [-0.4, -0.2) is 16.8 Å². The fourth-order valence-corrected chi connectivity index (χ4v) is 3.12. The van der Waals surface area contributed by atoms with E-state index in [1.807, 2.05) is 30.3 Å². The fourth-order valence-electron chi connectivity index (χ4n) is 2.60. The summed E-state index contributed by atoms with van der Waals surface area (Å²) in [5.41, 5.74) is 1.01. The SMILES string of the molecule is O=C(Nc1nccs1)c1ccc(NC(=O)c2ccc(COc3ccccc3)o2)cc1. The maximum absolute atomic E-state index is 12.4. The third-order valence-corrected chi connectivity index (χ3v) is 4.76. The molecule has 0 aliphatic rings. The quantitative estimate of drug-likeness (QED) is 0.448. The molecule has 2 aromatic heterocycles. The Hall–Kier alpha value is -3.91. The first-order valence-corrected chi connectivity index (χ1v) is 9.94. The molecule has 0 radical (unpaired) electrons. The van der Waals surface area contributed by atoms with Crippen LogP contribution in [0.25, 0.3) is 0 Å². The number of amides is 2. The highest BCUT2D eigenvalue weighted by Crippen LogP contribution is 2.17. The van der Waals surface area contributed by atoms with Crippen LogP contribution >= 0.6 is 11.3 Å². The fraction of sp³-hybridized carbons (Fsp3) is 0.0455. The molecule has 0 aliphatic heterocycles. The van der Waals surface area contributed by atoms with Crippen molar-refractivity contribution in [3.05, 3.63) is 95.4 Å². The summed E-state index contributed by atoms with van der Waals surface area (Å²) in [6.07, 6.45) is 1.62. The Labute approximate surface area is 176 Å². The number of benzene rings is 2. The van der Waals surface area contributed by atoms with Gasteiger partial charge in [0.2, 0.25) is 0 Å². The summed E-state index contributed by atoms with van der Waals surface area (Å²) in [6.45, 7) is 0.222. The number of hydrogen-bond donors (Lipinski definition) is 2. The third kappa shape index (κ3) is 4.92. The van der Waals surface area contributed by atoms with Crippen molar-refractivity contribution in [1.29, 1.82) is 0 Å². The van der Waals surface area contributed by atoms with E-state index in [1.165, 1.54) is 11.3 Å². The van der Waals surface area contributed by atoms with Crippen molar-refractivity contribution in [2.75, 3.05) is 10.6 Å². The number of nitrogens with zero attached hydrogens (tertiary/aromatic N) is 1. The highest BCUT2D eigenvalue weighted by atomic mass is 32.1. The van der Waals surface area contributed by atoms with Crippen molar-refractivity contribution in [2.45, 2.75) is 6.61 Å². The largest absolute Gasteiger partial charge is 0.486 e. The van der Waals surface area contributed by atoms with Crippen molar-refractivity contribution in [3.63, 3.8) is 0 Å². The lowest BCUT2D eigenvalue weighted by molar-refractivity contribution is 0.0991. The predicted molar refractivity (Wildman–Crippen MR) is 114 cm³/mol. The first-order chi connectivity index (χ1) is 14.7. The molecule has 0 unspecified atom stereocenters. The van der Waals surface area contributed by atoms with Gasteiger partial charge in [-0.05, 0) is 48.5 Å². The van der Waals surface area contributed by atoms with E-state index in [0.29, 0.717) is 22.1 Å². The van der Waals surface area contributed by atoms with E-state index in [1.54, 1.807) is 48.0 Å². The van der Waals surface area contributed by atoms with Gasteiger partial charge in [-0.3, -0.25) is 14.9 Å². The number of para-hydroxylation sites is 1. The molecule has 4 rings (SSSR count). The number of ether oxygens (including phenoxy) is 1. The first kappa shape index (κ1) is 19.4. The molecule has 0 saturated heterocycles. The minimum atomic E-state index is -0.388. The van der Waals surface area contributed by atoms with Crippen LogP contribution in [0, 0.1) is 0 Å². The average molecular weight is 419 g/mol. The summed E-state index contributed by atoms with van der Waals surface area (Å²) in [6, 6.07) is 19.2. The number of furan rings is 1. The molecular formula is C22H17N3O4S. The van der Waals surface area contributed by atoms with Crippen molar-refractivity contribution < 1.29 is 18.7 Å². The topological polar surface area (TPSA) is 93.5 Å². The molecular weight excluding hydrogens is 402 g/mol. The zero-order valence-electron chi connectivity index (χ0n) is 15.7. The summed E-state index contributed by atoms with van der Waals surface area (Å²) < 4.78 is 11.2. The molecule has 150 valence electrons. The molecule has 2 N–H and O–H groups in total. The second-order valence-corrected chi connectivity index (χ2v) is 7.09. The number of carbonyl (C=O) groups is 2. The van der Waals surface area contributed by atoms with Gasteiger partial charge in [-0.15, -0.1) is 11.3 Å². The Morgan fingerprint density at radius 3 is 2.47 bits per heavy atom.